The summed E-state index contributed by atoms with van der Waals surface area (Å²) >= 11 is 3.11. The number of carbonyl (C=O) groups excluding carboxylic acids is 1. The molecule has 0 radical (unpaired) electrons. The third-order valence-electron chi connectivity index (χ3n) is 5.29. The fourth-order valence-electron chi connectivity index (χ4n) is 3.81. The van der Waals surface area contributed by atoms with E-state index in [0.29, 0.717) is 12.4 Å². The maximum absolute atomic E-state index is 13.0. The van der Waals surface area contributed by atoms with Gasteiger partial charge in [0.25, 0.3) is 5.89 Å². The largest absolute Gasteiger partial charge is 0.437 e. The molecule has 5 rings (SSSR count). The Morgan fingerprint density at radius 1 is 1.20 bits per heavy atom. The van der Waals surface area contributed by atoms with Gasteiger partial charge in [-0.2, -0.15) is 4.68 Å². The molecule has 3 aromatic heterocycles. The number of fused-ring (bicyclic) bond motifs is 1. The van der Waals surface area contributed by atoms with Crippen LogP contribution in [0.5, 0.6) is 0 Å². The van der Waals surface area contributed by atoms with E-state index in [2.05, 4.69) is 11.2 Å². The van der Waals surface area contributed by atoms with Crippen molar-refractivity contribution in [1.82, 2.24) is 19.7 Å². The molecule has 0 aliphatic carbocycles. The van der Waals surface area contributed by atoms with Gasteiger partial charge in [0.05, 0.1) is 27.7 Å². The van der Waals surface area contributed by atoms with E-state index >= 15 is 0 Å². The van der Waals surface area contributed by atoms with Gasteiger partial charge in [0.15, 0.2) is 0 Å². The summed E-state index contributed by atoms with van der Waals surface area (Å²) in [5.41, 5.74) is 0.978. The minimum Gasteiger partial charge on any atom is -0.387 e. The van der Waals surface area contributed by atoms with Crippen molar-refractivity contribution in [1.29, 1.82) is 0 Å². The SMILES string of the molecule is O=C(CCn1nc(-c2cccs2)oc1=O)N1CCCCC1c1nc2ccccc2s1. The Bertz CT molecular complexity index is 1190. The van der Waals surface area contributed by atoms with E-state index < -0.39 is 5.76 Å². The number of thiophene rings is 1. The number of aryl methyl sites for hydroxylation is 1. The van der Waals surface area contributed by atoms with Crippen molar-refractivity contribution in [2.45, 2.75) is 38.3 Å². The van der Waals surface area contributed by atoms with E-state index in [1.54, 1.807) is 11.3 Å². The molecule has 1 unspecified atom stereocenters. The highest BCUT2D eigenvalue weighted by molar-refractivity contribution is 7.18. The van der Waals surface area contributed by atoms with Crippen molar-refractivity contribution in [3.05, 3.63) is 57.3 Å². The summed E-state index contributed by atoms with van der Waals surface area (Å²) in [6.07, 6.45) is 3.19. The van der Waals surface area contributed by atoms with Crippen LogP contribution in [0.4, 0.5) is 0 Å². The topological polar surface area (TPSA) is 81.2 Å². The quantitative estimate of drug-likeness (QED) is 0.462. The maximum Gasteiger partial charge on any atom is 0.437 e. The molecule has 9 heteroatoms. The van der Waals surface area contributed by atoms with Crippen molar-refractivity contribution >= 4 is 38.8 Å². The third-order valence-corrected chi connectivity index (χ3v) is 7.29. The van der Waals surface area contributed by atoms with E-state index in [-0.39, 0.29) is 24.9 Å². The molecule has 1 aliphatic rings. The van der Waals surface area contributed by atoms with Crippen molar-refractivity contribution in [2.24, 2.45) is 0 Å². The minimum atomic E-state index is -0.535. The van der Waals surface area contributed by atoms with Gasteiger partial charge >= 0.3 is 5.76 Å². The number of para-hydroxylation sites is 1. The Balaban J connectivity index is 1.31. The van der Waals surface area contributed by atoms with Crippen molar-refractivity contribution in [3.63, 3.8) is 0 Å². The lowest BCUT2D eigenvalue weighted by Gasteiger charge is -2.34. The molecule has 0 N–H and O–H groups in total. The van der Waals surface area contributed by atoms with Gasteiger partial charge in [-0.3, -0.25) is 4.79 Å². The second-order valence-corrected chi connectivity index (χ2v) is 9.25. The van der Waals surface area contributed by atoms with Crippen molar-refractivity contribution in [2.75, 3.05) is 6.54 Å². The summed E-state index contributed by atoms with van der Waals surface area (Å²) in [5, 5.41) is 7.13. The fourth-order valence-corrected chi connectivity index (χ4v) is 5.57. The Hall–Kier alpha value is -2.78. The predicted octanol–water partition coefficient (Wildman–Crippen LogP) is 4.32. The van der Waals surface area contributed by atoms with Crippen LogP contribution in [0.1, 0.15) is 36.7 Å². The predicted molar refractivity (Wildman–Crippen MR) is 117 cm³/mol. The number of nitrogens with zero attached hydrogens (tertiary/aromatic N) is 4. The molecule has 0 spiro atoms. The van der Waals surface area contributed by atoms with Crippen LogP contribution in [0.2, 0.25) is 0 Å². The second kappa shape index (κ2) is 8.16. The molecule has 1 fully saturated rings. The first-order valence-electron chi connectivity index (χ1n) is 9.96. The van der Waals surface area contributed by atoms with Crippen molar-refractivity contribution in [3.8, 4) is 10.8 Å². The average molecular weight is 441 g/mol. The minimum absolute atomic E-state index is 0.000592. The van der Waals surface area contributed by atoms with Crippen LogP contribution >= 0.6 is 22.7 Å². The van der Waals surface area contributed by atoms with Crippen LogP contribution in [-0.2, 0) is 11.3 Å². The van der Waals surface area contributed by atoms with Gasteiger partial charge in [0, 0.05) is 13.0 Å². The number of amides is 1. The zero-order valence-corrected chi connectivity index (χ0v) is 17.8. The summed E-state index contributed by atoms with van der Waals surface area (Å²) in [6, 6.07) is 11.8. The number of piperidine rings is 1. The van der Waals surface area contributed by atoms with E-state index in [9.17, 15) is 9.59 Å². The molecular weight excluding hydrogens is 420 g/mol. The van der Waals surface area contributed by atoms with Crippen molar-refractivity contribution < 1.29 is 9.21 Å². The zero-order chi connectivity index (χ0) is 20.5. The molecule has 154 valence electrons. The lowest BCUT2D eigenvalue weighted by molar-refractivity contribution is -0.135. The maximum atomic E-state index is 13.0. The lowest BCUT2D eigenvalue weighted by atomic mass is 10.0. The number of hydrogen-bond acceptors (Lipinski definition) is 7. The third kappa shape index (κ3) is 3.70. The summed E-state index contributed by atoms with van der Waals surface area (Å²) in [5.74, 6) is -0.216. The van der Waals surface area contributed by atoms with Gasteiger partial charge < -0.3 is 9.32 Å². The van der Waals surface area contributed by atoms with E-state index in [4.69, 9.17) is 9.40 Å². The number of carbonyl (C=O) groups is 1. The normalized spacial score (nSPS) is 16.9. The monoisotopic (exact) mass is 440 g/mol. The first-order chi connectivity index (χ1) is 14.7. The number of likely N-dealkylation sites (tertiary alicyclic amines) is 1. The molecule has 1 aromatic carbocycles. The molecule has 1 amide bonds. The van der Waals surface area contributed by atoms with E-state index in [1.807, 2.05) is 40.6 Å². The Kier molecular flexibility index (Phi) is 5.22. The highest BCUT2D eigenvalue weighted by Crippen LogP contribution is 2.36. The number of rotatable bonds is 5. The average Bonchev–Trinajstić information content (AvgIpc) is 3.51. The van der Waals surface area contributed by atoms with E-state index in [0.717, 1.165) is 39.4 Å². The first-order valence-corrected chi connectivity index (χ1v) is 11.7. The first kappa shape index (κ1) is 19.2. The Labute approximate surface area is 180 Å². The highest BCUT2D eigenvalue weighted by atomic mass is 32.1. The van der Waals surface area contributed by atoms with Gasteiger partial charge in [0.1, 0.15) is 5.01 Å². The van der Waals surface area contributed by atoms with Crippen LogP contribution in [-0.4, -0.2) is 32.1 Å². The number of thiazole rings is 1. The number of benzene rings is 1. The molecule has 30 heavy (non-hydrogen) atoms. The molecule has 4 heterocycles. The molecular formula is C21H20N4O3S2. The number of hydrogen-bond donors (Lipinski definition) is 0. The van der Waals surface area contributed by atoms with Crippen LogP contribution in [0.3, 0.4) is 0 Å². The Morgan fingerprint density at radius 3 is 2.93 bits per heavy atom. The molecule has 1 saturated heterocycles. The summed E-state index contributed by atoms with van der Waals surface area (Å²) in [4.78, 5) is 32.7. The number of aromatic nitrogens is 3. The Morgan fingerprint density at radius 2 is 2.10 bits per heavy atom. The van der Waals surface area contributed by atoms with Crippen LogP contribution in [0, 0.1) is 0 Å². The molecule has 4 aromatic rings. The van der Waals surface area contributed by atoms with Gasteiger partial charge in [-0.1, -0.05) is 18.2 Å². The van der Waals surface area contributed by atoms with Gasteiger partial charge in [0.2, 0.25) is 5.91 Å². The van der Waals surface area contributed by atoms with E-state index in [1.165, 1.54) is 16.0 Å². The lowest BCUT2D eigenvalue weighted by Crippen LogP contribution is -2.39. The second-order valence-electron chi connectivity index (χ2n) is 7.24. The molecule has 1 atom stereocenters. The van der Waals surface area contributed by atoms with Crippen LogP contribution in [0.25, 0.3) is 21.0 Å². The van der Waals surface area contributed by atoms with Gasteiger partial charge in [-0.05, 0) is 42.8 Å². The smallest absolute Gasteiger partial charge is 0.387 e. The standard InChI is InChI=1S/C21H20N4O3S2/c26-18(10-12-25-21(27)28-19(23-25)17-9-5-13-29-17)24-11-4-3-7-15(24)20-22-14-6-1-2-8-16(14)30-20/h1-2,5-6,8-9,13,15H,3-4,7,10-12H2. The van der Waals surface area contributed by atoms with Crippen LogP contribution in [0.15, 0.2) is 51.0 Å². The van der Waals surface area contributed by atoms with Gasteiger partial charge in [-0.25, -0.2) is 9.78 Å². The summed E-state index contributed by atoms with van der Waals surface area (Å²) in [6.45, 7) is 0.920. The summed E-state index contributed by atoms with van der Waals surface area (Å²) < 4.78 is 7.61. The van der Waals surface area contributed by atoms with Gasteiger partial charge in [-0.15, -0.1) is 27.8 Å². The molecule has 7 nitrogen and oxygen atoms in total. The highest BCUT2D eigenvalue weighted by Gasteiger charge is 2.30. The summed E-state index contributed by atoms with van der Waals surface area (Å²) in [7, 11) is 0. The molecule has 0 bridgehead atoms. The fraction of sp³-hybridized carbons (Fsp3) is 0.333. The molecule has 1 aliphatic heterocycles. The van der Waals surface area contributed by atoms with Crippen LogP contribution < -0.4 is 5.76 Å². The zero-order valence-electron chi connectivity index (χ0n) is 16.2. The molecule has 0 saturated carbocycles.